The molecule has 0 bridgehead atoms. The molecule has 0 saturated heterocycles. The molecular formula is C20H27N. The van der Waals surface area contributed by atoms with Crippen molar-refractivity contribution >= 4 is 0 Å². The Labute approximate surface area is 129 Å². The summed E-state index contributed by atoms with van der Waals surface area (Å²) in [5, 5.41) is 3.71. The first-order valence-corrected chi connectivity index (χ1v) is 7.96. The van der Waals surface area contributed by atoms with Crippen LogP contribution in [0.4, 0.5) is 0 Å². The van der Waals surface area contributed by atoms with Crippen LogP contribution in [0.1, 0.15) is 47.2 Å². The topological polar surface area (TPSA) is 12.0 Å². The van der Waals surface area contributed by atoms with E-state index in [9.17, 15) is 0 Å². The van der Waals surface area contributed by atoms with E-state index >= 15 is 0 Å². The van der Waals surface area contributed by atoms with Gasteiger partial charge in [-0.05, 0) is 56.8 Å². The summed E-state index contributed by atoms with van der Waals surface area (Å²) in [4.78, 5) is 0. The molecule has 21 heavy (non-hydrogen) atoms. The van der Waals surface area contributed by atoms with Crippen molar-refractivity contribution < 1.29 is 0 Å². The summed E-state index contributed by atoms with van der Waals surface area (Å²) < 4.78 is 0. The predicted octanol–water partition coefficient (Wildman–Crippen LogP) is 4.90. The van der Waals surface area contributed by atoms with E-state index in [-0.39, 0.29) is 0 Å². The Bertz CT molecular complexity index is 586. The molecule has 0 aliphatic heterocycles. The number of rotatable bonds is 6. The summed E-state index contributed by atoms with van der Waals surface area (Å²) in [7, 11) is 0. The van der Waals surface area contributed by atoms with E-state index in [4.69, 9.17) is 0 Å². The van der Waals surface area contributed by atoms with Gasteiger partial charge in [-0.2, -0.15) is 0 Å². The van der Waals surface area contributed by atoms with Crippen molar-refractivity contribution in [2.24, 2.45) is 0 Å². The lowest BCUT2D eigenvalue weighted by Crippen LogP contribution is -2.24. The number of aryl methyl sites for hydroxylation is 3. The minimum Gasteiger partial charge on any atom is -0.310 e. The smallest absolute Gasteiger partial charge is 0.0363 e. The number of benzene rings is 2. The van der Waals surface area contributed by atoms with Crippen molar-refractivity contribution in [3.05, 3.63) is 70.3 Å². The van der Waals surface area contributed by atoms with Crippen molar-refractivity contribution in [1.82, 2.24) is 5.32 Å². The van der Waals surface area contributed by atoms with Gasteiger partial charge in [0.1, 0.15) is 0 Å². The van der Waals surface area contributed by atoms with Gasteiger partial charge < -0.3 is 5.32 Å². The third kappa shape index (κ3) is 4.44. The minimum absolute atomic E-state index is 0.396. The van der Waals surface area contributed by atoms with Gasteiger partial charge in [-0.15, -0.1) is 0 Å². The lowest BCUT2D eigenvalue weighted by Gasteiger charge is -2.22. The molecule has 0 radical (unpaired) electrons. The molecule has 0 aliphatic rings. The van der Waals surface area contributed by atoms with Gasteiger partial charge in [0.05, 0.1) is 0 Å². The molecule has 1 nitrogen and oxygen atoms in total. The van der Waals surface area contributed by atoms with Gasteiger partial charge in [0.2, 0.25) is 0 Å². The molecule has 0 amide bonds. The molecule has 1 N–H and O–H groups in total. The fourth-order valence-corrected chi connectivity index (χ4v) is 2.90. The molecule has 112 valence electrons. The molecule has 0 aliphatic carbocycles. The van der Waals surface area contributed by atoms with E-state index < -0.39 is 0 Å². The Balaban J connectivity index is 2.25. The van der Waals surface area contributed by atoms with Gasteiger partial charge >= 0.3 is 0 Å². The highest BCUT2D eigenvalue weighted by molar-refractivity contribution is 5.34. The molecule has 2 aromatic carbocycles. The van der Waals surface area contributed by atoms with Crippen LogP contribution in [0, 0.1) is 20.8 Å². The summed E-state index contributed by atoms with van der Waals surface area (Å²) in [6.07, 6.45) is 2.21. The largest absolute Gasteiger partial charge is 0.310 e. The fraction of sp³-hybridized carbons (Fsp3) is 0.400. The Hall–Kier alpha value is -1.60. The van der Waals surface area contributed by atoms with Crippen LogP contribution >= 0.6 is 0 Å². The highest BCUT2D eigenvalue weighted by Gasteiger charge is 2.14. The molecular weight excluding hydrogens is 254 g/mol. The minimum atomic E-state index is 0.396. The van der Waals surface area contributed by atoms with E-state index in [1.165, 1.54) is 27.8 Å². The molecule has 1 atom stereocenters. The first-order chi connectivity index (χ1) is 10.1. The fourth-order valence-electron chi connectivity index (χ4n) is 2.90. The average Bonchev–Trinajstić information content (AvgIpc) is 2.44. The maximum Gasteiger partial charge on any atom is 0.0363 e. The molecule has 0 heterocycles. The van der Waals surface area contributed by atoms with Gasteiger partial charge in [0.25, 0.3) is 0 Å². The van der Waals surface area contributed by atoms with Gasteiger partial charge in [0.15, 0.2) is 0 Å². The molecule has 1 heteroatoms. The molecule has 2 aromatic rings. The van der Waals surface area contributed by atoms with Crippen molar-refractivity contribution in [2.45, 2.75) is 46.6 Å². The first-order valence-electron chi connectivity index (χ1n) is 7.96. The van der Waals surface area contributed by atoms with Gasteiger partial charge in [-0.3, -0.25) is 0 Å². The maximum atomic E-state index is 3.71. The Kier molecular flexibility index (Phi) is 5.58. The zero-order chi connectivity index (χ0) is 15.2. The lowest BCUT2D eigenvalue weighted by atomic mass is 9.93. The number of hydrogen-bond donors (Lipinski definition) is 1. The summed E-state index contributed by atoms with van der Waals surface area (Å²) in [6, 6.07) is 16.0. The maximum absolute atomic E-state index is 3.71. The quantitative estimate of drug-likeness (QED) is 0.794. The highest BCUT2D eigenvalue weighted by atomic mass is 14.9. The standard InChI is InChI=1S/C20H27N/c1-5-11-21-20(14-18-8-6-7-15(2)13-18)19-10-9-16(3)12-17(19)4/h6-10,12-13,20-21H,5,11,14H2,1-4H3. The summed E-state index contributed by atoms with van der Waals surface area (Å²) in [5.41, 5.74) is 6.89. The SMILES string of the molecule is CCCNC(Cc1cccc(C)c1)c1ccc(C)cc1C. The highest BCUT2D eigenvalue weighted by Crippen LogP contribution is 2.23. The third-order valence-electron chi connectivity index (χ3n) is 3.96. The molecule has 2 rings (SSSR count). The van der Waals surface area contributed by atoms with E-state index in [1.807, 2.05) is 0 Å². The van der Waals surface area contributed by atoms with Crippen LogP contribution in [0.3, 0.4) is 0 Å². The van der Waals surface area contributed by atoms with E-state index in [1.54, 1.807) is 0 Å². The van der Waals surface area contributed by atoms with E-state index in [2.05, 4.69) is 75.5 Å². The van der Waals surface area contributed by atoms with Crippen molar-refractivity contribution in [3.8, 4) is 0 Å². The Morgan fingerprint density at radius 1 is 0.952 bits per heavy atom. The molecule has 0 saturated carbocycles. The summed E-state index contributed by atoms with van der Waals surface area (Å²) in [6.45, 7) is 9.82. The van der Waals surface area contributed by atoms with Gasteiger partial charge in [-0.1, -0.05) is 60.5 Å². The van der Waals surface area contributed by atoms with Crippen molar-refractivity contribution in [2.75, 3.05) is 6.54 Å². The van der Waals surface area contributed by atoms with E-state index in [0.717, 1.165) is 19.4 Å². The zero-order valence-corrected chi connectivity index (χ0v) is 13.7. The van der Waals surface area contributed by atoms with Crippen LogP contribution in [-0.2, 0) is 6.42 Å². The first kappa shape index (κ1) is 15.8. The van der Waals surface area contributed by atoms with Crippen LogP contribution < -0.4 is 5.32 Å². The van der Waals surface area contributed by atoms with Crippen LogP contribution in [0.15, 0.2) is 42.5 Å². The molecule has 1 unspecified atom stereocenters. The number of nitrogens with one attached hydrogen (secondary N) is 1. The molecule has 0 spiro atoms. The molecule has 0 aromatic heterocycles. The van der Waals surface area contributed by atoms with Gasteiger partial charge in [-0.25, -0.2) is 0 Å². The Morgan fingerprint density at radius 2 is 1.71 bits per heavy atom. The number of hydrogen-bond acceptors (Lipinski definition) is 1. The van der Waals surface area contributed by atoms with Crippen LogP contribution in [-0.4, -0.2) is 6.54 Å². The second kappa shape index (κ2) is 7.42. The predicted molar refractivity (Wildman–Crippen MR) is 91.8 cm³/mol. The van der Waals surface area contributed by atoms with Crippen LogP contribution in [0.25, 0.3) is 0 Å². The normalized spacial score (nSPS) is 12.4. The van der Waals surface area contributed by atoms with Crippen molar-refractivity contribution in [3.63, 3.8) is 0 Å². The zero-order valence-electron chi connectivity index (χ0n) is 13.7. The van der Waals surface area contributed by atoms with Gasteiger partial charge in [0, 0.05) is 6.04 Å². The second-order valence-corrected chi connectivity index (χ2v) is 6.06. The summed E-state index contributed by atoms with van der Waals surface area (Å²) in [5.74, 6) is 0. The van der Waals surface area contributed by atoms with E-state index in [0.29, 0.717) is 6.04 Å². The Morgan fingerprint density at radius 3 is 2.38 bits per heavy atom. The average molecular weight is 281 g/mol. The second-order valence-electron chi connectivity index (χ2n) is 6.06. The summed E-state index contributed by atoms with van der Waals surface area (Å²) >= 11 is 0. The third-order valence-corrected chi connectivity index (χ3v) is 3.96. The van der Waals surface area contributed by atoms with Crippen molar-refractivity contribution in [1.29, 1.82) is 0 Å². The lowest BCUT2D eigenvalue weighted by molar-refractivity contribution is 0.527. The monoisotopic (exact) mass is 281 g/mol. The van der Waals surface area contributed by atoms with Crippen LogP contribution in [0.5, 0.6) is 0 Å². The van der Waals surface area contributed by atoms with Crippen LogP contribution in [0.2, 0.25) is 0 Å². The molecule has 0 fully saturated rings.